The maximum Gasteiger partial charge on any atom is 0.313 e. The second kappa shape index (κ2) is 7.26. The van der Waals surface area contributed by atoms with Crippen molar-refractivity contribution in [1.82, 2.24) is 14.7 Å². The molecule has 1 aromatic heterocycles. The van der Waals surface area contributed by atoms with Gasteiger partial charge in [-0.1, -0.05) is 11.6 Å². The standard InChI is InChI=1S/C15H18ClN5O2/c1-10-13(19-14(22)15(23)20(2)8-7-17)9-18-21(10)12-5-3-11(16)4-6-12/h3-6,9H,7-8,17H2,1-2H3,(H,19,22). The number of carbonyl (C=O) groups excluding carboxylic acids is 2. The van der Waals surface area contributed by atoms with Gasteiger partial charge in [0.1, 0.15) is 0 Å². The number of hydrogen-bond acceptors (Lipinski definition) is 4. The zero-order valence-electron chi connectivity index (χ0n) is 12.9. The number of carbonyl (C=O) groups is 2. The van der Waals surface area contributed by atoms with Crippen LogP contribution in [-0.4, -0.2) is 46.6 Å². The normalized spacial score (nSPS) is 10.4. The van der Waals surface area contributed by atoms with E-state index in [1.807, 2.05) is 12.1 Å². The van der Waals surface area contributed by atoms with Gasteiger partial charge < -0.3 is 16.0 Å². The Hall–Kier alpha value is -2.38. The summed E-state index contributed by atoms with van der Waals surface area (Å²) in [4.78, 5) is 25.1. The van der Waals surface area contributed by atoms with Crippen LogP contribution in [0.1, 0.15) is 5.69 Å². The van der Waals surface area contributed by atoms with Crippen molar-refractivity contribution in [3.63, 3.8) is 0 Å². The summed E-state index contributed by atoms with van der Waals surface area (Å²) in [6.07, 6.45) is 1.50. The lowest BCUT2D eigenvalue weighted by atomic mass is 10.3. The molecule has 0 spiro atoms. The first-order valence-electron chi connectivity index (χ1n) is 7.01. The molecular formula is C15H18ClN5O2. The lowest BCUT2D eigenvalue weighted by molar-refractivity contribution is -0.142. The van der Waals surface area contributed by atoms with Crippen molar-refractivity contribution < 1.29 is 9.59 Å². The molecule has 23 heavy (non-hydrogen) atoms. The van der Waals surface area contributed by atoms with E-state index in [2.05, 4.69) is 10.4 Å². The quantitative estimate of drug-likeness (QED) is 0.821. The van der Waals surface area contributed by atoms with Crippen molar-refractivity contribution in [1.29, 1.82) is 0 Å². The van der Waals surface area contributed by atoms with Crippen molar-refractivity contribution in [2.45, 2.75) is 6.92 Å². The van der Waals surface area contributed by atoms with E-state index in [1.54, 1.807) is 23.7 Å². The molecule has 0 bridgehead atoms. The molecule has 0 aliphatic rings. The topological polar surface area (TPSA) is 93.2 Å². The third-order valence-corrected chi connectivity index (χ3v) is 3.59. The molecule has 1 aromatic carbocycles. The molecule has 0 aliphatic heterocycles. The Bertz CT molecular complexity index is 711. The van der Waals surface area contributed by atoms with E-state index < -0.39 is 11.8 Å². The molecule has 122 valence electrons. The van der Waals surface area contributed by atoms with Gasteiger partial charge in [-0.3, -0.25) is 9.59 Å². The first-order chi connectivity index (χ1) is 10.9. The molecule has 3 N–H and O–H groups in total. The van der Waals surface area contributed by atoms with E-state index in [0.717, 1.165) is 5.69 Å². The van der Waals surface area contributed by atoms with Crippen LogP contribution in [0, 0.1) is 6.92 Å². The Morgan fingerprint density at radius 2 is 2.00 bits per heavy atom. The van der Waals surface area contributed by atoms with Gasteiger partial charge in [0.2, 0.25) is 0 Å². The summed E-state index contributed by atoms with van der Waals surface area (Å²) in [6, 6.07) is 7.13. The summed E-state index contributed by atoms with van der Waals surface area (Å²) in [7, 11) is 1.53. The van der Waals surface area contributed by atoms with E-state index in [9.17, 15) is 9.59 Å². The van der Waals surface area contributed by atoms with Gasteiger partial charge in [0, 0.05) is 25.2 Å². The number of nitrogens with zero attached hydrogens (tertiary/aromatic N) is 3. The Balaban J connectivity index is 2.15. The van der Waals surface area contributed by atoms with E-state index in [1.165, 1.54) is 18.1 Å². The second-order valence-corrected chi connectivity index (χ2v) is 5.44. The minimum atomic E-state index is -0.722. The number of likely N-dealkylation sites (N-methyl/N-ethyl adjacent to an activating group) is 1. The summed E-state index contributed by atoms with van der Waals surface area (Å²) < 4.78 is 1.65. The van der Waals surface area contributed by atoms with Gasteiger partial charge in [-0.25, -0.2) is 4.68 Å². The molecule has 0 radical (unpaired) electrons. The molecule has 0 saturated heterocycles. The first-order valence-corrected chi connectivity index (χ1v) is 7.39. The molecule has 0 atom stereocenters. The second-order valence-electron chi connectivity index (χ2n) is 5.00. The number of rotatable bonds is 4. The molecule has 2 rings (SSSR count). The van der Waals surface area contributed by atoms with Gasteiger partial charge in [0.05, 0.1) is 23.3 Å². The van der Waals surface area contributed by atoms with Crippen LogP contribution in [0.2, 0.25) is 5.02 Å². The lowest BCUT2D eigenvalue weighted by Gasteiger charge is -2.15. The van der Waals surface area contributed by atoms with E-state index in [0.29, 0.717) is 29.5 Å². The van der Waals surface area contributed by atoms with Crippen molar-refractivity contribution in [2.75, 3.05) is 25.5 Å². The van der Waals surface area contributed by atoms with E-state index >= 15 is 0 Å². The summed E-state index contributed by atoms with van der Waals surface area (Å²) >= 11 is 5.87. The first kappa shape index (κ1) is 17.0. The van der Waals surface area contributed by atoms with Crippen LogP contribution in [0.3, 0.4) is 0 Å². The fraction of sp³-hybridized carbons (Fsp3) is 0.267. The number of amides is 2. The number of anilines is 1. The highest BCUT2D eigenvalue weighted by Gasteiger charge is 2.20. The summed E-state index contributed by atoms with van der Waals surface area (Å²) in [5, 5.41) is 7.42. The SMILES string of the molecule is Cc1c(NC(=O)C(=O)N(C)CCN)cnn1-c1ccc(Cl)cc1. The van der Waals surface area contributed by atoms with E-state index in [4.69, 9.17) is 17.3 Å². The third-order valence-electron chi connectivity index (χ3n) is 3.33. The molecule has 1 heterocycles. The van der Waals surface area contributed by atoms with Crippen LogP contribution >= 0.6 is 11.6 Å². The van der Waals surface area contributed by atoms with Crippen molar-refractivity contribution in [2.24, 2.45) is 5.73 Å². The summed E-state index contributed by atoms with van der Waals surface area (Å²) in [5.41, 5.74) is 7.35. The molecule has 0 fully saturated rings. The van der Waals surface area contributed by atoms with Crippen LogP contribution in [0.4, 0.5) is 5.69 Å². The summed E-state index contributed by atoms with van der Waals surface area (Å²) in [6.45, 7) is 2.41. The van der Waals surface area contributed by atoms with Crippen molar-refractivity contribution >= 4 is 29.1 Å². The highest BCUT2D eigenvalue weighted by molar-refractivity contribution is 6.39. The predicted molar refractivity (Wildman–Crippen MR) is 88.6 cm³/mol. The molecule has 2 aromatic rings. The van der Waals surface area contributed by atoms with Gasteiger partial charge in [-0.2, -0.15) is 5.10 Å². The maximum absolute atomic E-state index is 12.0. The number of nitrogens with two attached hydrogens (primary N) is 1. The predicted octanol–water partition coefficient (Wildman–Crippen LogP) is 1.19. The summed E-state index contributed by atoms with van der Waals surface area (Å²) in [5.74, 6) is -1.37. The Morgan fingerprint density at radius 3 is 2.61 bits per heavy atom. The largest absolute Gasteiger partial charge is 0.336 e. The fourth-order valence-corrected chi connectivity index (χ4v) is 2.15. The van der Waals surface area contributed by atoms with Crippen LogP contribution in [0.15, 0.2) is 30.5 Å². The molecule has 0 unspecified atom stereocenters. The molecule has 2 amide bonds. The third kappa shape index (κ3) is 3.88. The van der Waals surface area contributed by atoms with Crippen molar-refractivity contribution in [3.8, 4) is 5.69 Å². The monoisotopic (exact) mass is 335 g/mol. The smallest absolute Gasteiger partial charge is 0.313 e. The van der Waals surface area contributed by atoms with Gasteiger partial charge in [-0.05, 0) is 31.2 Å². The van der Waals surface area contributed by atoms with Crippen LogP contribution in [-0.2, 0) is 9.59 Å². The molecular weight excluding hydrogens is 318 g/mol. The lowest BCUT2D eigenvalue weighted by Crippen LogP contribution is -2.39. The number of hydrogen-bond donors (Lipinski definition) is 2. The molecule has 8 heteroatoms. The molecule has 0 aliphatic carbocycles. The van der Waals surface area contributed by atoms with Gasteiger partial charge >= 0.3 is 11.8 Å². The number of aromatic nitrogens is 2. The Labute approximate surface area is 139 Å². The maximum atomic E-state index is 12.0. The van der Waals surface area contributed by atoms with Crippen molar-refractivity contribution in [3.05, 3.63) is 41.2 Å². The minimum Gasteiger partial charge on any atom is -0.336 e. The minimum absolute atomic E-state index is 0.295. The van der Waals surface area contributed by atoms with Gasteiger partial charge in [0.15, 0.2) is 0 Å². The molecule has 0 saturated carbocycles. The zero-order valence-corrected chi connectivity index (χ0v) is 13.7. The Kier molecular flexibility index (Phi) is 5.36. The van der Waals surface area contributed by atoms with Crippen LogP contribution in [0.5, 0.6) is 0 Å². The van der Waals surface area contributed by atoms with Crippen LogP contribution < -0.4 is 11.1 Å². The highest BCUT2D eigenvalue weighted by Crippen LogP contribution is 2.19. The zero-order chi connectivity index (χ0) is 17.0. The van der Waals surface area contributed by atoms with Crippen LogP contribution in [0.25, 0.3) is 5.69 Å². The van der Waals surface area contributed by atoms with E-state index in [-0.39, 0.29) is 0 Å². The average molecular weight is 336 g/mol. The average Bonchev–Trinajstić information content (AvgIpc) is 2.88. The number of benzene rings is 1. The highest BCUT2D eigenvalue weighted by atomic mass is 35.5. The number of halogens is 1. The van der Waals surface area contributed by atoms with Gasteiger partial charge in [-0.15, -0.1) is 0 Å². The fourth-order valence-electron chi connectivity index (χ4n) is 2.02. The Morgan fingerprint density at radius 1 is 1.35 bits per heavy atom. The molecule has 7 nitrogen and oxygen atoms in total. The number of nitrogens with one attached hydrogen (secondary N) is 1. The van der Waals surface area contributed by atoms with Gasteiger partial charge in [0.25, 0.3) is 0 Å².